The minimum atomic E-state index is -0.953. The summed E-state index contributed by atoms with van der Waals surface area (Å²) in [6.07, 6.45) is 1.66. The highest BCUT2D eigenvalue weighted by atomic mass is 19.1. The van der Waals surface area contributed by atoms with Crippen molar-refractivity contribution < 1.29 is 9.13 Å². The third-order valence-corrected chi connectivity index (χ3v) is 7.66. The van der Waals surface area contributed by atoms with E-state index in [1.807, 2.05) is 12.1 Å². The Bertz CT molecular complexity index is 963. The van der Waals surface area contributed by atoms with Crippen LogP contribution in [0.2, 0.25) is 0 Å². The Kier molecular flexibility index (Phi) is 4.41. The first-order chi connectivity index (χ1) is 14.7. The quantitative estimate of drug-likeness (QED) is 0.758. The molecule has 0 radical (unpaired) electrons. The second-order valence-corrected chi connectivity index (χ2v) is 9.28. The van der Waals surface area contributed by atoms with Crippen LogP contribution in [-0.4, -0.2) is 57.3 Å². The summed E-state index contributed by atoms with van der Waals surface area (Å²) in [6.45, 7) is 5.80. The van der Waals surface area contributed by atoms with Gasteiger partial charge in [-0.25, -0.2) is 4.39 Å². The summed E-state index contributed by atoms with van der Waals surface area (Å²) in [4.78, 5) is 7.53. The lowest BCUT2D eigenvalue weighted by molar-refractivity contribution is 0.170. The minimum absolute atomic E-state index is 0.538. The SMILES string of the molecule is CN1CCN2c3c(cccc31)[C@@H]1CN(CCC(F)c3cccc4c3OCC4)CC[C@@H]12. The summed E-state index contributed by atoms with van der Waals surface area (Å²) in [5.41, 5.74) is 6.24. The largest absolute Gasteiger partial charge is 0.493 e. The summed E-state index contributed by atoms with van der Waals surface area (Å²) in [5, 5.41) is 0. The van der Waals surface area contributed by atoms with Gasteiger partial charge >= 0.3 is 0 Å². The third kappa shape index (κ3) is 2.82. The molecule has 4 nitrogen and oxygen atoms in total. The van der Waals surface area contributed by atoms with Crippen molar-refractivity contribution in [3.8, 4) is 5.75 Å². The molecular formula is C25H30FN3O. The monoisotopic (exact) mass is 407 g/mol. The highest BCUT2D eigenvalue weighted by molar-refractivity contribution is 5.80. The molecule has 0 aromatic heterocycles. The Balaban J connectivity index is 1.16. The first-order valence-electron chi connectivity index (χ1n) is 11.4. The first-order valence-corrected chi connectivity index (χ1v) is 11.4. The summed E-state index contributed by atoms with van der Waals surface area (Å²) < 4.78 is 20.9. The maximum Gasteiger partial charge on any atom is 0.130 e. The smallest absolute Gasteiger partial charge is 0.130 e. The van der Waals surface area contributed by atoms with Crippen LogP contribution in [0.15, 0.2) is 36.4 Å². The van der Waals surface area contributed by atoms with Crippen molar-refractivity contribution in [3.05, 3.63) is 53.1 Å². The van der Waals surface area contributed by atoms with Crippen molar-refractivity contribution in [1.29, 1.82) is 0 Å². The van der Waals surface area contributed by atoms with Gasteiger partial charge in [-0.05, 0) is 30.0 Å². The summed E-state index contributed by atoms with van der Waals surface area (Å²) in [5.74, 6) is 1.35. The van der Waals surface area contributed by atoms with E-state index in [0.717, 1.165) is 56.0 Å². The molecule has 0 amide bonds. The number of anilines is 2. The highest BCUT2D eigenvalue weighted by Crippen LogP contribution is 2.50. The zero-order valence-corrected chi connectivity index (χ0v) is 17.7. The van der Waals surface area contributed by atoms with Gasteiger partial charge in [0, 0.05) is 63.7 Å². The molecule has 1 saturated heterocycles. The molecule has 4 aliphatic heterocycles. The van der Waals surface area contributed by atoms with Crippen LogP contribution < -0.4 is 14.5 Å². The fraction of sp³-hybridized carbons (Fsp3) is 0.520. The van der Waals surface area contributed by atoms with Crippen molar-refractivity contribution in [2.24, 2.45) is 0 Å². The van der Waals surface area contributed by atoms with E-state index in [9.17, 15) is 0 Å². The van der Waals surface area contributed by atoms with Gasteiger partial charge in [0.25, 0.3) is 0 Å². The van der Waals surface area contributed by atoms with Crippen LogP contribution >= 0.6 is 0 Å². The van der Waals surface area contributed by atoms with Gasteiger partial charge in [0.2, 0.25) is 0 Å². The van der Waals surface area contributed by atoms with Gasteiger partial charge in [0.05, 0.1) is 18.0 Å². The van der Waals surface area contributed by atoms with Gasteiger partial charge in [-0.3, -0.25) is 0 Å². The number of para-hydroxylation sites is 2. The van der Waals surface area contributed by atoms with Gasteiger partial charge in [-0.1, -0.05) is 30.3 Å². The Hall–Kier alpha value is -2.27. The lowest BCUT2D eigenvalue weighted by Crippen LogP contribution is -2.49. The Labute approximate surface area is 178 Å². The maximum absolute atomic E-state index is 15.2. The number of halogens is 1. The van der Waals surface area contributed by atoms with Crippen LogP contribution in [0.4, 0.5) is 15.8 Å². The molecule has 2 aromatic carbocycles. The minimum Gasteiger partial charge on any atom is -0.493 e. The van der Waals surface area contributed by atoms with Crippen molar-refractivity contribution >= 4 is 11.4 Å². The van der Waals surface area contributed by atoms with Gasteiger partial charge in [-0.2, -0.15) is 0 Å². The van der Waals surface area contributed by atoms with Crippen molar-refractivity contribution in [3.63, 3.8) is 0 Å². The Morgan fingerprint density at radius 1 is 1.13 bits per heavy atom. The van der Waals surface area contributed by atoms with Crippen LogP contribution in [0.25, 0.3) is 0 Å². The van der Waals surface area contributed by atoms with Gasteiger partial charge in [-0.15, -0.1) is 0 Å². The Morgan fingerprint density at radius 3 is 2.97 bits per heavy atom. The van der Waals surface area contributed by atoms with E-state index in [1.54, 1.807) is 0 Å². The second kappa shape index (κ2) is 7.16. The molecule has 0 saturated carbocycles. The van der Waals surface area contributed by atoms with Gasteiger partial charge < -0.3 is 19.4 Å². The van der Waals surface area contributed by atoms with E-state index in [4.69, 9.17) is 4.74 Å². The molecule has 158 valence electrons. The summed E-state index contributed by atoms with van der Waals surface area (Å²) in [7, 11) is 2.20. The number of benzene rings is 2. The van der Waals surface area contributed by atoms with Crippen LogP contribution in [0.1, 0.15) is 41.6 Å². The number of likely N-dealkylation sites (tertiary alicyclic amines) is 1. The molecule has 4 heterocycles. The van der Waals surface area contributed by atoms with E-state index >= 15 is 4.39 Å². The molecule has 3 atom stereocenters. The third-order valence-electron chi connectivity index (χ3n) is 7.66. The molecule has 4 aliphatic rings. The van der Waals surface area contributed by atoms with E-state index in [-0.39, 0.29) is 0 Å². The van der Waals surface area contributed by atoms with Crippen LogP contribution in [0, 0.1) is 0 Å². The molecule has 0 bridgehead atoms. The van der Waals surface area contributed by atoms with Crippen LogP contribution in [0.5, 0.6) is 5.75 Å². The highest BCUT2D eigenvalue weighted by Gasteiger charge is 2.44. The normalized spacial score (nSPS) is 25.5. The number of likely N-dealkylation sites (N-methyl/N-ethyl adjacent to an activating group) is 1. The van der Waals surface area contributed by atoms with Gasteiger partial charge in [0.1, 0.15) is 11.9 Å². The fourth-order valence-corrected chi connectivity index (χ4v) is 6.12. The molecule has 30 heavy (non-hydrogen) atoms. The molecule has 2 aromatic rings. The average molecular weight is 408 g/mol. The number of piperidine rings is 1. The Morgan fingerprint density at radius 2 is 2.03 bits per heavy atom. The lowest BCUT2D eigenvalue weighted by atomic mass is 9.89. The maximum atomic E-state index is 15.2. The average Bonchev–Trinajstić information content (AvgIpc) is 3.38. The molecule has 1 unspecified atom stereocenters. The van der Waals surface area contributed by atoms with Crippen LogP contribution in [0.3, 0.4) is 0 Å². The zero-order chi connectivity index (χ0) is 20.2. The molecule has 1 fully saturated rings. The first kappa shape index (κ1) is 18.5. The number of alkyl halides is 1. The number of ether oxygens (including phenoxy) is 1. The van der Waals surface area contributed by atoms with E-state index in [1.165, 1.54) is 23.4 Å². The van der Waals surface area contributed by atoms with Crippen LogP contribution in [-0.2, 0) is 6.42 Å². The second-order valence-electron chi connectivity index (χ2n) is 9.28. The van der Waals surface area contributed by atoms with E-state index < -0.39 is 6.17 Å². The predicted octanol–water partition coefficient (Wildman–Crippen LogP) is 4.15. The zero-order valence-electron chi connectivity index (χ0n) is 17.7. The molecule has 0 spiro atoms. The molecular weight excluding hydrogens is 377 g/mol. The van der Waals surface area contributed by atoms with E-state index in [2.05, 4.69) is 46.0 Å². The van der Waals surface area contributed by atoms with Crippen molar-refractivity contribution in [2.75, 3.05) is 56.2 Å². The standard InChI is InChI=1S/C25H30FN3O/c1-27-13-14-29-22-9-12-28(16-20(22)18-5-3-7-23(27)24(18)29)11-8-21(26)19-6-2-4-17-10-15-30-25(17)19/h2-7,20-22H,8-16H2,1H3/t20-,21?,22-/m0/s1. The summed E-state index contributed by atoms with van der Waals surface area (Å²) in [6, 6.07) is 13.3. The molecule has 0 N–H and O–H groups in total. The van der Waals surface area contributed by atoms with E-state index in [0.29, 0.717) is 25.0 Å². The fourth-order valence-electron chi connectivity index (χ4n) is 6.12. The number of fused-ring (bicyclic) bond motifs is 4. The van der Waals surface area contributed by atoms with Gasteiger partial charge in [0.15, 0.2) is 0 Å². The van der Waals surface area contributed by atoms with Crippen molar-refractivity contribution in [2.45, 2.75) is 37.4 Å². The number of hydrogen-bond acceptors (Lipinski definition) is 4. The topological polar surface area (TPSA) is 19.0 Å². The molecule has 5 heteroatoms. The predicted molar refractivity (Wildman–Crippen MR) is 119 cm³/mol. The number of nitrogens with zero attached hydrogens (tertiary/aromatic N) is 3. The number of hydrogen-bond donors (Lipinski definition) is 0. The van der Waals surface area contributed by atoms with Crippen molar-refractivity contribution in [1.82, 2.24) is 4.90 Å². The molecule has 6 rings (SSSR count). The summed E-state index contributed by atoms with van der Waals surface area (Å²) >= 11 is 0. The molecule has 0 aliphatic carbocycles. The lowest BCUT2D eigenvalue weighted by Gasteiger charge is -2.41. The number of rotatable bonds is 4.